The van der Waals surface area contributed by atoms with Gasteiger partial charge in [-0.2, -0.15) is 0 Å². The van der Waals surface area contributed by atoms with Gasteiger partial charge >= 0.3 is 0 Å². The lowest BCUT2D eigenvalue weighted by molar-refractivity contribution is -0.141. The molecule has 1 aliphatic carbocycles. The number of nitrogens with one attached hydrogen (secondary N) is 1. The molecule has 1 atom stereocenters. The van der Waals surface area contributed by atoms with E-state index in [-0.39, 0.29) is 37.4 Å². The van der Waals surface area contributed by atoms with Gasteiger partial charge in [0.05, 0.1) is 19.1 Å². The second-order valence-corrected chi connectivity index (χ2v) is 11.7. The molecule has 1 N–H and O–H groups in total. The standard InChI is InChI=1S/C28H39N3O5S/c1-21-11-5-8-16-26(21)31(37(4,34)35)18-10-17-27(32)30(20-23-12-9-15-25(19-23)36-3)22(2)28(33)29-24-13-6-7-14-24/h5,8-9,11-12,15-16,19,22,24H,6-7,10,13-14,17-18,20H2,1-4H3,(H,29,33)/t22-/m0/s1. The van der Waals surface area contributed by atoms with E-state index in [9.17, 15) is 18.0 Å². The first-order valence-electron chi connectivity index (χ1n) is 12.9. The minimum atomic E-state index is -3.53. The zero-order valence-corrected chi connectivity index (χ0v) is 23.1. The Kier molecular flexibility index (Phi) is 9.97. The second kappa shape index (κ2) is 12.9. The van der Waals surface area contributed by atoms with E-state index in [2.05, 4.69) is 5.32 Å². The lowest BCUT2D eigenvalue weighted by atomic mass is 10.1. The van der Waals surface area contributed by atoms with Crippen LogP contribution in [-0.2, 0) is 26.2 Å². The van der Waals surface area contributed by atoms with Gasteiger partial charge in [-0.1, -0.05) is 43.2 Å². The number of aryl methyl sites for hydroxylation is 1. The molecule has 1 aliphatic rings. The van der Waals surface area contributed by atoms with Crippen LogP contribution in [0.3, 0.4) is 0 Å². The van der Waals surface area contributed by atoms with E-state index < -0.39 is 16.1 Å². The lowest BCUT2D eigenvalue weighted by Crippen LogP contribution is -2.49. The van der Waals surface area contributed by atoms with Gasteiger partial charge in [0.2, 0.25) is 21.8 Å². The summed E-state index contributed by atoms with van der Waals surface area (Å²) in [6.45, 7) is 4.03. The van der Waals surface area contributed by atoms with Crippen molar-refractivity contribution in [3.63, 3.8) is 0 Å². The molecule has 2 amide bonds. The number of anilines is 1. The van der Waals surface area contributed by atoms with Crippen LogP contribution >= 0.6 is 0 Å². The molecule has 1 fully saturated rings. The molecule has 0 saturated heterocycles. The van der Waals surface area contributed by atoms with Gasteiger partial charge in [-0.05, 0) is 62.4 Å². The third-order valence-electron chi connectivity index (χ3n) is 6.89. The number of carbonyl (C=O) groups is 2. The zero-order valence-electron chi connectivity index (χ0n) is 22.3. The van der Waals surface area contributed by atoms with E-state index in [0.717, 1.165) is 36.8 Å². The van der Waals surface area contributed by atoms with Crippen LogP contribution in [0.4, 0.5) is 5.69 Å². The van der Waals surface area contributed by atoms with Crippen molar-refractivity contribution >= 4 is 27.5 Å². The fourth-order valence-corrected chi connectivity index (χ4v) is 5.79. The van der Waals surface area contributed by atoms with Crippen LogP contribution in [0.25, 0.3) is 0 Å². The largest absolute Gasteiger partial charge is 0.497 e. The summed E-state index contributed by atoms with van der Waals surface area (Å²) in [7, 11) is -1.94. The Labute approximate surface area is 221 Å². The van der Waals surface area contributed by atoms with Crippen LogP contribution in [0.5, 0.6) is 5.75 Å². The Hall–Kier alpha value is -3.07. The van der Waals surface area contributed by atoms with Crippen LogP contribution in [-0.4, -0.2) is 57.1 Å². The van der Waals surface area contributed by atoms with E-state index in [1.54, 1.807) is 31.1 Å². The van der Waals surface area contributed by atoms with Crippen molar-refractivity contribution in [2.75, 3.05) is 24.2 Å². The molecule has 0 aliphatic heterocycles. The summed E-state index contributed by atoms with van der Waals surface area (Å²) in [4.78, 5) is 28.1. The number of para-hydroxylation sites is 1. The van der Waals surface area contributed by atoms with Crippen molar-refractivity contribution in [2.24, 2.45) is 0 Å². The zero-order chi connectivity index (χ0) is 27.0. The third kappa shape index (κ3) is 7.95. The van der Waals surface area contributed by atoms with E-state index in [1.807, 2.05) is 43.3 Å². The van der Waals surface area contributed by atoms with Crippen LogP contribution in [0.15, 0.2) is 48.5 Å². The molecule has 0 heterocycles. The van der Waals surface area contributed by atoms with E-state index >= 15 is 0 Å². The van der Waals surface area contributed by atoms with Crippen molar-refractivity contribution < 1.29 is 22.7 Å². The Morgan fingerprint density at radius 2 is 1.81 bits per heavy atom. The predicted octanol–water partition coefficient (Wildman–Crippen LogP) is 4.03. The van der Waals surface area contributed by atoms with Gasteiger partial charge in [0.15, 0.2) is 0 Å². The first kappa shape index (κ1) is 28.5. The Morgan fingerprint density at radius 3 is 2.46 bits per heavy atom. The topological polar surface area (TPSA) is 96.0 Å². The summed E-state index contributed by atoms with van der Waals surface area (Å²) in [5.74, 6) is 0.311. The van der Waals surface area contributed by atoms with Crippen molar-refractivity contribution in [1.29, 1.82) is 0 Å². The van der Waals surface area contributed by atoms with E-state index in [4.69, 9.17) is 4.74 Å². The summed E-state index contributed by atoms with van der Waals surface area (Å²) in [5, 5.41) is 3.10. The van der Waals surface area contributed by atoms with Gasteiger partial charge in [0, 0.05) is 25.6 Å². The number of hydrogen-bond acceptors (Lipinski definition) is 5. The van der Waals surface area contributed by atoms with Crippen molar-refractivity contribution in [3.8, 4) is 5.75 Å². The first-order chi connectivity index (χ1) is 17.6. The highest BCUT2D eigenvalue weighted by atomic mass is 32.2. The molecule has 8 nitrogen and oxygen atoms in total. The highest BCUT2D eigenvalue weighted by molar-refractivity contribution is 7.92. The summed E-state index contributed by atoms with van der Waals surface area (Å²) >= 11 is 0. The van der Waals surface area contributed by atoms with E-state index in [0.29, 0.717) is 17.9 Å². The number of benzene rings is 2. The summed E-state index contributed by atoms with van der Waals surface area (Å²) < 4.78 is 31.7. The van der Waals surface area contributed by atoms with Gasteiger partial charge in [0.1, 0.15) is 11.8 Å². The smallest absolute Gasteiger partial charge is 0.242 e. The number of carbonyl (C=O) groups excluding carboxylic acids is 2. The number of hydrogen-bond donors (Lipinski definition) is 1. The van der Waals surface area contributed by atoms with Crippen LogP contribution in [0.2, 0.25) is 0 Å². The average Bonchev–Trinajstić information content (AvgIpc) is 3.37. The summed E-state index contributed by atoms with van der Waals surface area (Å²) in [6.07, 6.45) is 5.73. The molecule has 0 spiro atoms. The predicted molar refractivity (Wildman–Crippen MR) is 146 cm³/mol. The normalized spacial score (nSPS) is 14.7. The van der Waals surface area contributed by atoms with Gasteiger partial charge in [-0.25, -0.2) is 8.42 Å². The minimum absolute atomic E-state index is 0.114. The Morgan fingerprint density at radius 1 is 1.11 bits per heavy atom. The number of methoxy groups -OCH3 is 1. The highest BCUT2D eigenvalue weighted by Gasteiger charge is 2.29. The number of ether oxygens (including phenoxy) is 1. The van der Waals surface area contributed by atoms with Crippen molar-refractivity contribution in [1.82, 2.24) is 10.2 Å². The Balaban J connectivity index is 1.74. The van der Waals surface area contributed by atoms with Crippen LogP contribution in [0.1, 0.15) is 56.6 Å². The molecule has 202 valence electrons. The monoisotopic (exact) mass is 529 g/mol. The van der Waals surface area contributed by atoms with Crippen LogP contribution < -0.4 is 14.4 Å². The summed E-state index contributed by atoms with van der Waals surface area (Å²) in [5.41, 5.74) is 2.30. The highest BCUT2D eigenvalue weighted by Crippen LogP contribution is 2.23. The molecule has 0 unspecified atom stereocenters. The lowest BCUT2D eigenvalue weighted by Gasteiger charge is -2.30. The molecule has 2 aromatic rings. The van der Waals surface area contributed by atoms with Crippen molar-refractivity contribution in [2.45, 2.75) is 71.0 Å². The maximum Gasteiger partial charge on any atom is 0.242 e. The van der Waals surface area contributed by atoms with Crippen LogP contribution in [0, 0.1) is 6.92 Å². The maximum absolute atomic E-state index is 13.5. The maximum atomic E-state index is 13.5. The fourth-order valence-electron chi connectivity index (χ4n) is 4.77. The molecule has 0 aromatic heterocycles. The third-order valence-corrected chi connectivity index (χ3v) is 8.07. The number of rotatable bonds is 12. The molecule has 0 radical (unpaired) electrons. The van der Waals surface area contributed by atoms with Gasteiger partial charge < -0.3 is 15.0 Å². The molecule has 2 aromatic carbocycles. The Bertz CT molecular complexity index is 1180. The van der Waals surface area contributed by atoms with Gasteiger partial charge in [-0.15, -0.1) is 0 Å². The average molecular weight is 530 g/mol. The number of sulfonamides is 1. The minimum Gasteiger partial charge on any atom is -0.497 e. The number of amides is 2. The van der Waals surface area contributed by atoms with Crippen molar-refractivity contribution in [3.05, 3.63) is 59.7 Å². The first-order valence-corrected chi connectivity index (χ1v) is 14.7. The second-order valence-electron chi connectivity index (χ2n) is 9.76. The molecular formula is C28H39N3O5S. The quantitative estimate of drug-likeness (QED) is 0.448. The van der Waals surface area contributed by atoms with Gasteiger partial charge in [0.25, 0.3) is 0 Å². The summed E-state index contributed by atoms with van der Waals surface area (Å²) in [6, 6.07) is 14.2. The molecule has 37 heavy (non-hydrogen) atoms. The SMILES string of the molecule is COc1cccc(CN(C(=O)CCCN(c2ccccc2C)S(C)(=O)=O)[C@@H](C)C(=O)NC2CCCC2)c1. The molecule has 9 heteroatoms. The van der Waals surface area contributed by atoms with Gasteiger partial charge in [-0.3, -0.25) is 13.9 Å². The molecule has 0 bridgehead atoms. The molecular weight excluding hydrogens is 490 g/mol. The number of nitrogens with zero attached hydrogens (tertiary/aromatic N) is 2. The molecule has 1 saturated carbocycles. The fraction of sp³-hybridized carbons (Fsp3) is 0.500. The molecule has 3 rings (SSSR count). The van der Waals surface area contributed by atoms with E-state index in [1.165, 1.54) is 10.6 Å².